The molecular weight excluding hydrogens is 240 g/mol. The molecule has 0 spiro atoms. The summed E-state index contributed by atoms with van der Waals surface area (Å²) in [5.74, 6) is 0.971. The molecule has 1 aromatic heterocycles. The van der Waals surface area contributed by atoms with Crippen LogP contribution in [0, 0.1) is 5.92 Å². The van der Waals surface area contributed by atoms with Crippen LogP contribution in [-0.2, 0) is 6.54 Å². The van der Waals surface area contributed by atoms with E-state index in [1.54, 1.807) is 0 Å². The van der Waals surface area contributed by atoms with Crippen LogP contribution in [0.15, 0.2) is 16.8 Å². The van der Waals surface area contributed by atoms with Crippen LogP contribution in [0.3, 0.4) is 0 Å². The van der Waals surface area contributed by atoms with E-state index in [2.05, 4.69) is 34.0 Å². The minimum Gasteiger partial charge on any atom is -0.311 e. The highest BCUT2D eigenvalue weighted by Gasteiger charge is 2.38. The maximum absolute atomic E-state index is 3.76. The average molecular weight is 264 g/mol. The lowest BCUT2D eigenvalue weighted by molar-refractivity contribution is 0.104. The molecule has 1 aromatic rings. The Bertz CT molecular complexity index is 359. The van der Waals surface area contributed by atoms with Gasteiger partial charge in [0.2, 0.25) is 0 Å². The van der Waals surface area contributed by atoms with Crippen molar-refractivity contribution in [2.75, 3.05) is 13.1 Å². The van der Waals surface area contributed by atoms with Gasteiger partial charge in [-0.3, -0.25) is 4.90 Å². The number of thiophene rings is 1. The number of hydrogen-bond acceptors (Lipinski definition) is 3. The van der Waals surface area contributed by atoms with E-state index in [0.717, 1.165) is 18.5 Å². The van der Waals surface area contributed by atoms with Crippen molar-refractivity contribution in [2.24, 2.45) is 5.92 Å². The number of nitrogens with zero attached hydrogens (tertiary/aromatic N) is 1. The van der Waals surface area contributed by atoms with Crippen LogP contribution in [0.25, 0.3) is 0 Å². The zero-order valence-electron chi connectivity index (χ0n) is 11.3. The standard InChI is InChI=1S/C15H24N2S/c1-2-3-14-10-17(9-12-6-7-18-11-12)15(8-16-14)13-4-5-13/h6-7,11,13-16H,2-5,8-10H2,1H3. The molecule has 1 aliphatic carbocycles. The predicted octanol–water partition coefficient (Wildman–Crippen LogP) is 3.10. The van der Waals surface area contributed by atoms with Crippen LogP contribution in [0.5, 0.6) is 0 Å². The first kappa shape index (κ1) is 12.6. The highest BCUT2D eigenvalue weighted by molar-refractivity contribution is 7.07. The summed E-state index contributed by atoms with van der Waals surface area (Å²) >= 11 is 1.82. The van der Waals surface area contributed by atoms with Crippen molar-refractivity contribution in [1.82, 2.24) is 10.2 Å². The second-order valence-corrected chi connectivity index (χ2v) is 6.64. The largest absolute Gasteiger partial charge is 0.311 e. The summed E-state index contributed by atoms with van der Waals surface area (Å²) in [5, 5.41) is 8.27. The molecule has 2 heterocycles. The van der Waals surface area contributed by atoms with Gasteiger partial charge in [0.15, 0.2) is 0 Å². The van der Waals surface area contributed by atoms with Gasteiger partial charge in [0.05, 0.1) is 0 Å². The molecule has 0 radical (unpaired) electrons. The fourth-order valence-electron chi connectivity index (χ4n) is 3.19. The van der Waals surface area contributed by atoms with Crippen molar-refractivity contribution < 1.29 is 0 Å². The third-order valence-corrected chi connectivity index (χ3v) is 5.04. The van der Waals surface area contributed by atoms with Crippen molar-refractivity contribution in [3.05, 3.63) is 22.4 Å². The Morgan fingerprint density at radius 2 is 2.33 bits per heavy atom. The topological polar surface area (TPSA) is 15.3 Å². The van der Waals surface area contributed by atoms with Crippen molar-refractivity contribution in [2.45, 2.75) is 51.2 Å². The summed E-state index contributed by atoms with van der Waals surface area (Å²) in [6, 6.07) is 3.78. The number of hydrogen-bond donors (Lipinski definition) is 1. The zero-order chi connectivity index (χ0) is 12.4. The van der Waals surface area contributed by atoms with E-state index < -0.39 is 0 Å². The first-order chi connectivity index (χ1) is 8.86. The van der Waals surface area contributed by atoms with Crippen LogP contribution in [-0.4, -0.2) is 30.1 Å². The molecule has 2 fully saturated rings. The molecule has 1 saturated carbocycles. The van der Waals surface area contributed by atoms with Crippen molar-refractivity contribution in [3.8, 4) is 0 Å². The minimum atomic E-state index is 0.712. The van der Waals surface area contributed by atoms with Crippen LogP contribution in [0.4, 0.5) is 0 Å². The van der Waals surface area contributed by atoms with E-state index in [-0.39, 0.29) is 0 Å². The van der Waals surface area contributed by atoms with Crippen LogP contribution in [0.2, 0.25) is 0 Å². The molecule has 2 unspecified atom stereocenters. The molecule has 2 atom stereocenters. The Hall–Kier alpha value is -0.380. The van der Waals surface area contributed by atoms with Gasteiger partial charge >= 0.3 is 0 Å². The minimum absolute atomic E-state index is 0.712. The fraction of sp³-hybridized carbons (Fsp3) is 0.733. The predicted molar refractivity (Wildman–Crippen MR) is 77.9 cm³/mol. The maximum Gasteiger partial charge on any atom is 0.0253 e. The Labute approximate surface area is 114 Å². The number of nitrogens with one attached hydrogen (secondary N) is 1. The molecule has 1 aliphatic heterocycles. The molecule has 0 aromatic carbocycles. The summed E-state index contributed by atoms with van der Waals surface area (Å²) in [5.41, 5.74) is 1.50. The Morgan fingerprint density at radius 3 is 3.00 bits per heavy atom. The van der Waals surface area contributed by atoms with Crippen LogP contribution >= 0.6 is 11.3 Å². The second kappa shape index (κ2) is 5.72. The molecule has 3 heteroatoms. The summed E-state index contributed by atoms with van der Waals surface area (Å²) in [4.78, 5) is 2.75. The van der Waals surface area contributed by atoms with Gasteiger partial charge in [-0.15, -0.1) is 0 Å². The lowest BCUT2D eigenvalue weighted by atomic mass is 10.0. The number of piperazine rings is 1. The Kier molecular flexibility index (Phi) is 4.02. The van der Waals surface area contributed by atoms with Gasteiger partial charge in [-0.1, -0.05) is 13.3 Å². The lowest BCUT2D eigenvalue weighted by Gasteiger charge is -2.40. The monoisotopic (exact) mass is 264 g/mol. The fourth-order valence-corrected chi connectivity index (χ4v) is 3.85. The van der Waals surface area contributed by atoms with Gasteiger partial charge in [-0.25, -0.2) is 0 Å². The smallest absolute Gasteiger partial charge is 0.0253 e. The molecule has 18 heavy (non-hydrogen) atoms. The Balaban J connectivity index is 1.64. The number of rotatable bonds is 5. The van der Waals surface area contributed by atoms with Crippen LogP contribution in [0.1, 0.15) is 38.2 Å². The highest BCUT2D eigenvalue weighted by atomic mass is 32.1. The van der Waals surface area contributed by atoms with Gasteiger partial charge in [-0.2, -0.15) is 11.3 Å². The van der Waals surface area contributed by atoms with E-state index in [4.69, 9.17) is 0 Å². The maximum atomic E-state index is 3.76. The molecule has 3 rings (SSSR count). The summed E-state index contributed by atoms with van der Waals surface area (Å²) < 4.78 is 0. The molecule has 2 nitrogen and oxygen atoms in total. The zero-order valence-corrected chi connectivity index (χ0v) is 12.1. The van der Waals surface area contributed by atoms with E-state index in [0.29, 0.717) is 6.04 Å². The molecular formula is C15H24N2S. The average Bonchev–Trinajstić information content (AvgIpc) is 3.08. The molecule has 1 N–H and O–H groups in total. The third kappa shape index (κ3) is 2.95. The van der Waals surface area contributed by atoms with Gasteiger partial charge < -0.3 is 5.32 Å². The summed E-state index contributed by atoms with van der Waals surface area (Å²) in [6.07, 6.45) is 5.51. The van der Waals surface area contributed by atoms with Gasteiger partial charge in [0, 0.05) is 31.7 Å². The van der Waals surface area contributed by atoms with E-state index in [9.17, 15) is 0 Å². The molecule has 2 aliphatic rings. The quantitative estimate of drug-likeness (QED) is 0.879. The van der Waals surface area contributed by atoms with E-state index in [1.807, 2.05) is 11.3 Å². The third-order valence-electron chi connectivity index (χ3n) is 4.31. The van der Waals surface area contributed by atoms with Gasteiger partial charge in [0.25, 0.3) is 0 Å². The van der Waals surface area contributed by atoms with Crippen LogP contribution < -0.4 is 5.32 Å². The molecule has 1 saturated heterocycles. The first-order valence-electron chi connectivity index (χ1n) is 7.35. The van der Waals surface area contributed by atoms with E-state index >= 15 is 0 Å². The van der Waals surface area contributed by atoms with Crippen molar-refractivity contribution >= 4 is 11.3 Å². The first-order valence-corrected chi connectivity index (χ1v) is 8.29. The van der Waals surface area contributed by atoms with Crippen molar-refractivity contribution in [3.63, 3.8) is 0 Å². The van der Waals surface area contributed by atoms with Gasteiger partial charge in [0.1, 0.15) is 0 Å². The van der Waals surface area contributed by atoms with Gasteiger partial charge in [-0.05, 0) is 47.6 Å². The Morgan fingerprint density at radius 1 is 1.44 bits per heavy atom. The van der Waals surface area contributed by atoms with E-state index in [1.165, 1.54) is 44.3 Å². The highest BCUT2D eigenvalue weighted by Crippen LogP contribution is 2.37. The second-order valence-electron chi connectivity index (χ2n) is 5.86. The molecule has 0 bridgehead atoms. The summed E-state index contributed by atoms with van der Waals surface area (Å²) in [7, 11) is 0. The normalized spacial score (nSPS) is 29.6. The molecule has 0 amide bonds. The molecule has 100 valence electrons. The summed E-state index contributed by atoms with van der Waals surface area (Å²) in [6.45, 7) is 5.90. The van der Waals surface area contributed by atoms with Crippen molar-refractivity contribution in [1.29, 1.82) is 0 Å². The lowest BCUT2D eigenvalue weighted by Crippen LogP contribution is -2.56. The SMILES string of the molecule is CCCC1CN(Cc2ccsc2)C(C2CC2)CN1.